The van der Waals surface area contributed by atoms with Gasteiger partial charge in [-0.25, -0.2) is 0 Å². The van der Waals surface area contributed by atoms with Crippen LogP contribution in [0.25, 0.3) is 0 Å². The number of carbonyl (C=O) groups excluding carboxylic acids is 1. The van der Waals surface area contributed by atoms with Crippen molar-refractivity contribution in [1.29, 1.82) is 0 Å². The van der Waals surface area contributed by atoms with Crippen LogP contribution in [-0.2, 0) is 4.79 Å². The summed E-state index contributed by atoms with van der Waals surface area (Å²) in [5.41, 5.74) is 3.80. The lowest BCUT2D eigenvalue weighted by Gasteiger charge is -2.22. The molecule has 1 amide bonds. The van der Waals surface area contributed by atoms with Gasteiger partial charge in [0.15, 0.2) is 0 Å². The second kappa shape index (κ2) is 5.37. The Hall–Kier alpha value is -2.49. The molecule has 0 N–H and O–H groups in total. The predicted molar refractivity (Wildman–Crippen MR) is 86.3 cm³/mol. The number of fused-ring (bicyclic) bond motifs is 1. The Balaban J connectivity index is 1.81. The molecule has 1 aromatic heterocycles. The Morgan fingerprint density at radius 1 is 1.14 bits per heavy atom. The summed E-state index contributed by atoms with van der Waals surface area (Å²) in [6.07, 6.45) is 5.99. The number of aromatic nitrogens is 1. The number of rotatable bonds is 3. The number of carbonyl (C=O) groups is 1. The number of amides is 1. The molecule has 2 aromatic rings. The van der Waals surface area contributed by atoms with E-state index in [1.165, 1.54) is 12.8 Å². The Labute approximate surface area is 129 Å². The van der Waals surface area contributed by atoms with E-state index >= 15 is 0 Å². The van der Waals surface area contributed by atoms with Crippen molar-refractivity contribution in [1.82, 2.24) is 4.98 Å². The molecular weight excluding hydrogens is 274 g/mol. The highest BCUT2D eigenvalue weighted by atomic mass is 16.2. The van der Waals surface area contributed by atoms with Crippen LogP contribution in [0.2, 0.25) is 0 Å². The van der Waals surface area contributed by atoms with E-state index in [9.17, 15) is 4.79 Å². The van der Waals surface area contributed by atoms with Crippen LogP contribution in [0.1, 0.15) is 24.0 Å². The normalized spacial score (nSPS) is 17.7. The summed E-state index contributed by atoms with van der Waals surface area (Å²) in [5, 5.41) is 0. The van der Waals surface area contributed by atoms with Crippen LogP contribution in [0.15, 0.2) is 53.8 Å². The first-order chi connectivity index (χ1) is 10.8. The summed E-state index contributed by atoms with van der Waals surface area (Å²) >= 11 is 0. The summed E-state index contributed by atoms with van der Waals surface area (Å²) in [7, 11) is 0. The van der Waals surface area contributed by atoms with Crippen molar-refractivity contribution in [2.24, 2.45) is 10.9 Å². The third-order valence-electron chi connectivity index (χ3n) is 4.20. The summed E-state index contributed by atoms with van der Waals surface area (Å²) in [6, 6.07) is 12.0. The second-order valence-corrected chi connectivity index (χ2v) is 5.87. The summed E-state index contributed by atoms with van der Waals surface area (Å²) in [5.74, 6) is 0.697. The fraction of sp³-hybridized carbons (Fsp3) is 0.278. The average molecular weight is 291 g/mol. The van der Waals surface area contributed by atoms with E-state index in [1.807, 2.05) is 41.3 Å². The Morgan fingerprint density at radius 2 is 1.95 bits per heavy atom. The van der Waals surface area contributed by atoms with Gasteiger partial charge in [0.2, 0.25) is 5.91 Å². The van der Waals surface area contributed by atoms with Crippen LogP contribution in [-0.4, -0.2) is 29.7 Å². The molecule has 2 aliphatic rings. The predicted octanol–water partition coefficient (Wildman–Crippen LogP) is 2.68. The maximum absolute atomic E-state index is 12.5. The first kappa shape index (κ1) is 13.2. The van der Waals surface area contributed by atoms with Gasteiger partial charge in [0, 0.05) is 23.9 Å². The van der Waals surface area contributed by atoms with Gasteiger partial charge < -0.3 is 4.90 Å². The molecular formula is C18H17N3O. The lowest BCUT2D eigenvalue weighted by atomic mass is 10.0. The summed E-state index contributed by atoms with van der Waals surface area (Å²) in [4.78, 5) is 23.2. The Kier molecular flexibility index (Phi) is 3.22. The first-order valence-corrected chi connectivity index (χ1v) is 7.67. The fourth-order valence-corrected chi connectivity index (χ4v) is 2.85. The van der Waals surface area contributed by atoms with Gasteiger partial charge in [-0.1, -0.05) is 30.3 Å². The van der Waals surface area contributed by atoms with Crippen molar-refractivity contribution in [3.05, 3.63) is 59.9 Å². The molecule has 1 aliphatic heterocycles. The minimum absolute atomic E-state index is 0.0621. The molecule has 0 atom stereocenters. The molecule has 22 heavy (non-hydrogen) atoms. The third kappa shape index (κ3) is 2.41. The number of anilines is 1. The van der Waals surface area contributed by atoms with Crippen molar-refractivity contribution in [2.45, 2.75) is 12.8 Å². The van der Waals surface area contributed by atoms with Crippen molar-refractivity contribution in [3.63, 3.8) is 0 Å². The van der Waals surface area contributed by atoms with Gasteiger partial charge in [0.25, 0.3) is 0 Å². The van der Waals surface area contributed by atoms with E-state index in [-0.39, 0.29) is 12.5 Å². The topological polar surface area (TPSA) is 45.6 Å². The minimum Gasteiger partial charge on any atom is -0.308 e. The maximum atomic E-state index is 12.5. The van der Waals surface area contributed by atoms with E-state index in [0.717, 1.165) is 29.1 Å². The zero-order chi connectivity index (χ0) is 14.9. The number of benzene rings is 1. The summed E-state index contributed by atoms with van der Waals surface area (Å²) < 4.78 is 0. The van der Waals surface area contributed by atoms with Crippen molar-refractivity contribution in [2.75, 3.05) is 18.0 Å². The van der Waals surface area contributed by atoms with E-state index in [0.29, 0.717) is 5.92 Å². The van der Waals surface area contributed by atoms with Crippen LogP contribution >= 0.6 is 0 Å². The quantitative estimate of drug-likeness (QED) is 0.872. The Bertz CT molecular complexity index is 735. The highest BCUT2D eigenvalue weighted by Gasteiger charge is 2.31. The van der Waals surface area contributed by atoms with E-state index in [1.54, 1.807) is 12.4 Å². The first-order valence-electron chi connectivity index (χ1n) is 7.67. The molecule has 4 nitrogen and oxygen atoms in total. The summed E-state index contributed by atoms with van der Waals surface area (Å²) in [6.45, 7) is 0.987. The molecule has 2 heterocycles. The molecule has 0 bridgehead atoms. The average Bonchev–Trinajstić information content (AvgIpc) is 3.39. The lowest BCUT2D eigenvalue weighted by Crippen LogP contribution is -2.34. The molecule has 0 saturated heterocycles. The molecule has 110 valence electrons. The largest absolute Gasteiger partial charge is 0.308 e. The molecule has 1 saturated carbocycles. The molecule has 1 fully saturated rings. The second-order valence-electron chi connectivity index (χ2n) is 5.87. The van der Waals surface area contributed by atoms with Crippen molar-refractivity contribution < 1.29 is 4.79 Å². The fourth-order valence-electron chi connectivity index (χ4n) is 2.85. The van der Waals surface area contributed by atoms with Crippen LogP contribution < -0.4 is 4.90 Å². The van der Waals surface area contributed by atoms with Gasteiger partial charge in [0.1, 0.15) is 6.54 Å². The van der Waals surface area contributed by atoms with Gasteiger partial charge in [-0.15, -0.1) is 0 Å². The maximum Gasteiger partial charge on any atom is 0.248 e. The van der Waals surface area contributed by atoms with Crippen LogP contribution in [0.5, 0.6) is 0 Å². The minimum atomic E-state index is 0.0621. The number of hydrogen-bond acceptors (Lipinski definition) is 3. The van der Waals surface area contributed by atoms with Gasteiger partial charge >= 0.3 is 0 Å². The molecule has 0 spiro atoms. The molecule has 0 radical (unpaired) electrons. The zero-order valence-corrected chi connectivity index (χ0v) is 12.3. The molecule has 4 heteroatoms. The number of aliphatic imine (C=N–C) groups is 1. The number of hydrogen-bond donors (Lipinski definition) is 0. The highest BCUT2D eigenvalue weighted by Crippen LogP contribution is 2.33. The number of pyridine rings is 1. The zero-order valence-electron chi connectivity index (χ0n) is 12.3. The third-order valence-corrected chi connectivity index (χ3v) is 4.20. The van der Waals surface area contributed by atoms with E-state index in [2.05, 4.69) is 9.98 Å². The van der Waals surface area contributed by atoms with Gasteiger partial charge in [-0.2, -0.15) is 0 Å². The molecule has 1 aromatic carbocycles. The molecule has 1 aliphatic carbocycles. The van der Waals surface area contributed by atoms with Gasteiger partial charge in [0.05, 0.1) is 17.6 Å². The number of nitrogens with zero attached hydrogens (tertiary/aromatic N) is 3. The van der Waals surface area contributed by atoms with Crippen molar-refractivity contribution >= 4 is 17.3 Å². The standard InChI is InChI=1S/C18H17N3O/c22-17-11-20-18(14-4-2-1-3-5-14)15-8-9-19-10-16(15)21(17)12-13-6-7-13/h1-5,8-10,13H,6-7,11-12H2. The van der Waals surface area contributed by atoms with E-state index in [4.69, 9.17) is 0 Å². The van der Waals surface area contributed by atoms with Crippen LogP contribution in [0.3, 0.4) is 0 Å². The monoisotopic (exact) mass is 291 g/mol. The van der Waals surface area contributed by atoms with Crippen LogP contribution in [0.4, 0.5) is 5.69 Å². The van der Waals surface area contributed by atoms with Crippen LogP contribution in [0, 0.1) is 5.92 Å². The van der Waals surface area contributed by atoms with Gasteiger partial charge in [-0.3, -0.25) is 14.8 Å². The van der Waals surface area contributed by atoms with Crippen molar-refractivity contribution in [3.8, 4) is 0 Å². The highest BCUT2D eigenvalue weighted by molar-refractivity contribution is 6.19. The smallest absolute Gasteiger partial charge is 0.248 e. The Morgan fingerprint density at radius 3 is 2.73 bits per heavy atom. The van der Waals surface area contributed by atoms with E-state index < -0.39 is 0 Å². The molecule has 4 rings (SSSR count). The SMILES string of the molecule is O=C1CN=C(c2ccccc2)c2ccncc2N1CC1CC1. The lowest BCUT2D eigenvalue weighted by molar-refractivity contribution is -0.117. The van der Waals surface area contributed by atoms with Gasteiger partial charge in [-0.05, 0) is 24.8 Å². The molecule has 0 unspecified atom stereocenters.